The molecule has 4 nitrogen and oxygen atoms in total. The molecule has 0 unspecified atom stereocenters. The van der Waals surface area contributed by atoms with Gasteiger partial charge in [-0.1, -0.05) is 30.3 Å². The molecular weight excluding hydrogens is 330 g/mol. The van der Waals surface area contributed by atoms with Gasteiger partial charge >= 0.3 is 6.03 Å². The first kappa shape index (κ1) is 17.7. The zero-order valence-electron chi connectivity index (χ0n) is 14.9. The zero-order valence-corrected chi connectivity index (χ0v) is 15.7. The molecule has 0 bridgehead atoms. The quantitative estimate of drug-likeness (QED) is 0.892. The first-order valence-corrected chi connectivity index (χ1v) is 9.78. The van der Waals surface area contributed by atoms with E-state index in [4.69, 9.17) is 0 Å². The van der Waals surface area contributed by atoms with Gasteiger partial charge in [0.25, 0.3) is 0 Å². The minimum Gasteiger partial charge on any atom is -0.370 e. The van der Waals surface area contributed by atoms with Crippen molar-refractivity contribution in [3.63, 3.8) is 0 Å². The highest BCUT2D eigenvalue weighted by atomic mass is 32.2. The molecule has 0 spiro atoms. The number of carbonyl (C=O) groups is 1. The first-order valence-electron chi connectivity index (χ1n) is 8.63. The summed E-state index contributed by atoms with van der Waals surface area (Å²) in [6, 6.07) is 16.1. The lowest BCUT2D eigenvalue weighted by Gasteiger charge is -2.30. The third kappa shape index (κ3) is 4.69. The van der Waals surface area contributed by atoms with Crippen LogP contribution in [0.15, 0.2) is 48.5 Å². The van der Waals surface area contributed by atoms with Gasteiger partial charge in [0.2, 0.25) is 0 Å². The molecule has 132 valence electrons. The molecule has 1 saturated heterocycles. The van der Waals surface area contributed by atoms with Crippen molar-refractivity contribution in [3.05, 3.63) is 59.7 Å². The Balaban J connectivity index is 1.62. The average molecular weight is 356 g/mol. The van der Waals surface area contributed by atoms with Crippen LogP contribution >= 0.6 is 11.8 Å². The van der Waals surface area contributed by atoms with Crippen molar-refractivity contribution < 1.29 is 4.79 Å². The Bertz CT molecular complexity index is 714. The van der Waals surface area contributed by atoms with Crippen LogP contribution in [0.3, 0.4) is 0 Å². The number of hydrogen-bond acceptors (Lipinski definition) is 3. The van der Waals surface area contributed by atoms with E-state index in [-0.39, 0.29) is 6.03 Å². The van der Waals surface area contributed by atoms with E-state index in [0.29, 0.717) is 6.54 Å². The van der Waals surface area contributed by atoms with Crippen LogP contribution in [-0.2, 0) is 6.54 Å². The van der Waals surface area contributed by atoms with E-state index in [1.54, 1.807) is 4.90 Å². The van der Waals surface area contributed by atoms with E-state index < -0.39 is 0 Å². The number of aryl methyl sites for hydroxylation is 1. The van der Waals surface area contributed by atoms with Crippen molar-refractivity contribution >= 4 is 29.2 Å². The molecule has 1 aliphatic heterocycles. The predicted octanol–water partition coefficient (Wildman–Crippen LogP) is 4.21. The van der Waals surface area contributed by atoms with Gasteiger partial charge in [-0.05, 0) is 36.2 Å². The van der Waals surface area contributed by atoms with Crippen LogP contribution in [0, 0.1) is 6.92 Å². The Morgan fingerprint density at radius 1 is 1.16 bits per heavy atom. The average Bonchev–Trinajstić information content (AvgIpc) is 2.63. The van der Waals surface area contributed by atoms with Crippen molar-refractivity contribution in [2.24, 2.45) is 0 Å². The standard InChI is InChI=1S/C20H25N3OS/c1-16-14-18(8-9-19(16)23-10-12-25-13-11-23)21-20(24)22(2)15-17-6-4-3-5-7-17/h3-9,14H,10-13,15H2,1-2H3,(H,21,24). The summed E-state index contributed by atoms with van der Waals surface area (Å²) in [6.07, 6.45) is 0. The molecule has 2 aromatic rings. The topological polar surface area (TPSA) is 35.6 Å². The molecule has 5 heteroatoms. The van der Waals surface area contributed by atoms with E-state index in [9.17, 15) is 4.79 Å². The molecule has 0 aromatic heterocycles. The number of carbonyl (C=O) groups excluding carboxylic acids is 1. The fraction of sp³-hybridized carbons (Fsp3) is 0.350. The van der Waals surface area contributed by atoms with Gasteiger partial charge in [0.05, 0.1) is 0 Å². The SMILES string of the molecule is Cc1cc(NC(=O)N(C)Cc2ccccc2)ccc1N1CCSCC1. The monoisotopic (exact) mass is 355 g/mol. The Morgan fingerprint density at radius 2 is 1.88 bits per heavy atom. The summed E-state index contributed by atoms with van der Waals surface area (Å²) in [5, 5.41) is 3.00. The van der Waals surface area contributed by atoms with Gasteiger partial charge < -0.3 is 15.1 Å². The van der Waals surface area contributed by atoms with Crippen LogP contribution in [0.5, 0.6) is 0 Å². The lowest BCUT2D eigenvalue weighted by molar-refractivity contribution is 0.220. The molecule has 0 radical (unpaired) electrons. The van der Waals surface area contributed by atoms with Crippen LogP contribution < -0.4 is 10.2 Å². The number of thioether (sulfide) groups is 1. The Hall–Kier alpha value is -2.14. The lowest BCUT2D eigenvalue weighted by Crippen LogP contribution is -2.33. The van der Waals surface area contributed by atoms with Gasteiger partial charge in [-0.2, -0.15) is 11.8 Å². The number of urea groups is 1. The van der Waals surface area contributed by atoms with Crippen molar-refractivity contribution in [1.82, 2.24) is 4.90 Å². The van der Waals surface area contributed by atoms with Gasteiger partial charge in [-0.3, -0.25) is 0 Å². The Labute approximate surface area is 154 Å². The Morgan fingerprint density at radius 3 is 2.56 bits per heavy atom. The molecule has 1 N–H and O–H groups in total. The maximum Gasteiger partial charge on any atom is 0.321 e. The molecule has 2 amide bonds. The highest BCUT2D eigenvalue weighted by Crippen LogP contribution is 2.26. The molecular formula is C20H25N3OS. The summed E-state index contributed by atoms with van der Waals surface area (Å²) in [5.41, 5.74) is 4.44. The Kier molecular flexibility index (Phi) is 5.87. The molecule has 1 aliphatic rings. The molecule has 3 rings (SSSR count). The molecule has 0 saturated carbocycles. The van der Waals surface area contributed by atoms with E-state index in [2.05, 4.69) is 29.3 Å². The van der Waals surface area contributed by atoms with Crippen molar-refractivity contribution in [3.8, 4) is 0 Å². The van der Waals surface area contributed by atoms with Crippen molar-refractivity contribution in [1.29, 1.82) is 0 Å². The second-order valence-electron chi connectivity index (χ2n) is 6.37. The second-order valence-corrected chi connectivity index (χ2v) is 7.60. The number of amides is 2. The largest absolute Gasteiger partial charge is 0.370 e. The van der Waals surface area contributed by atoms with E-state index in [0.717, 1.165) is 24.3 Å². The van der Waals surface area contributed by atoms with E-state index >= 15 is 0 Å². The zero-order chi connectivity index (χ0) is 17.6. The van der Waals surface area contributed by atoms with Crippen LogP contribution in [0.25, 0.3) is 0 Å². The number of hydrogen-bond donors (Lipinski definition) is 1. The van der Waals surface area contributed by atoms with Crippen molar-refractivity contribution in [2.75, 3.05) is 41.9 Å². The summed E-state index contributed by atoms with van der Waals surface area (Å²) in [5.74, 6) is 2.37. The van der Waals surface area contributed by atoms with Gasteiger partial charge in [0.15, 0.2) is 0 Å². The smallest absolute Gasteiger partial charge is 0.321 e. The van der Waals surface area contributed by atoms with Crippen LogP contribution in [-0.4, -0.2) is 42.6 Å². The van der Waals surface area contributed by atoms with Gasteiger partial charge in [-0.15, -0.1) is 0 Å². The van der Waals surface area contributed by atoms with Gasteiger partial charge in [0.1, 0.15) is 0 Å². The molecule has 2 aromatic carbocycles. The normalized spacial score (nSPS) is 14.2. The third-order valence-corrected chi connectivity index (χ3v) is 5.35. The number of nitrogens with one attached hydrogen (secondary N) is 1. The molecule has 1 heterocycles. The third-order valence-electron chi connectivity index (χ3n) is 4.41. The van der Waals surface area contributed by atoms with Crippen LogP contribution in [0.1, 0.15) is 11.1 Å². The minimum absolute atomic E-state index is 0.0922. The summed E-state index contributed by atoms with van der Waals surface area (Å²) in [4.78, 5) is 16.5. The molecule has 0 aliphatic carbocycles. The number of rotatable bonds is 4. The van der Waals surface area contributed by atoms with Crippen LogP contribution in [0.2, 0.25) is 0 Å². The predicted molar refractivity (Wildman–Crippen MR) is 108 cm³/mol. The summed E-state index contributed by atoms with van der Waals surface area (Å²) in [6.45, 7) is 4.89. The number of nitrogens with zero attached hydrogens (tertiary/aromatic N) is 2. The molecule has 0 atom stereocenters. The minimum atomic E-state index is -0.0922. The fourth-order valence-corrected chi connectivity index (χ4v) is 3.94. The lowest BCUT2D eigenvalue weighted by atomic mass is 10.1. The van der Waals surface area contributed by atoms with Gasteiger partial charge in [-0.25, -0.2) is 4.79 Å². The maximum atomic E-state index is 12.4. The van der Waals surface area contributed by atoms with Gasteiger partial charge in [0, 0.05) is 49.6 Å². The fourth-order valence-electron chi connectivity index (χ4n) is 3.04. The van der Waals surface area contributed by atoms with E-state index in [1.807, 2.05) is 55.2 Å². The highest BCUT2D eigenvalue weighted by molar-refractivity contribution is 7.99. The van der Waals surface area contributed by atoms with E-state index in [1.165, 1.54) is 22.8 Å². The second kappa shape index (κ2) is 8.30. The maximum absolute atomic E-state index is 12.4. The summed E-state index contributed by atoms with van der Waals surface area (Å²) >= 11 is 2.01. The summed E-state index contributed by atoms with van der Waals surface area (Å²) in [7, 11) is 1.81. The summed E-state index contributed by atoms with van der Waals surface area (Å²) < 4.78 is 0. The molecule has 1 fully saturated rings. The highest BCUT2D eigenvalue weighted by Gasteiger charge is 2.14. The first-order chi connectivity index (χ1) is 12.1. The van der Waals surface area contributed by atoms with Crippen molar-refractivity contribution in [2.45, 2.75) is 13.5 Å². The van der Waals surface area contributed by atoms with Crippen LogP contribution in [0.4, 0.5) is 16.2 Å². The number of benzene rings is 2. The molecule has 25 heavy (non-hydrogen) atoms. The number of anilines is 2.